The van der Waals surface area contributed by atoms with Crippen LogP contribution in [-0.2, 0) is 4.74 Å². The van der Waals surface area contributed by atoms with Crippen LogP contribution in [0.25, 0.3) is 0 Å². The Kier molecular flexibility index (Phi) is 5.49. The zero-order valence-corrected chi connectivity index (χ0v) is 14.0. The Morgan fingerprint density at radius 3 is 2.81 bits per heavy atom. The lowest BCUT2D eigenvalue weighted by atomic mass is 9.98. The minimum atomic E-state index is -0.423. The Morgan fingerprint density at radius 1 is 1.33 bits per heavy atom. The van der Waals surface area contributed by atoms with Crippen molar-refractivity contribution in [2.45, 2.75) is 64.1 Å². The van der Waals surface area contributed by atoms with Crippen LogP contribution >= 0.6 is 0 Å². The quantitative estimate of drug-likeness (QED) is 0.863. The Morgan fingerprint density at radius 2 is 2.10 bits per heavy atom. The molecule has 2 aliphatic rings. The van der Waals surface area contributed by atoms with Crippen molar-refractivity contribution in [3.05, 3.63) is 0 Å². The molecule has 0 aromatic heterocycles. The summed E-state index contributed by atoms with van der Waals surface area (Å²) in [6, 6.07) is 1.40. The number of piperidine rings is 1. The van der Waals surface area contributed by atoms with E-state index in [2.05, 4.69) is 10.2 Å². The summed E-state index contributed by atoms with van der Waals surface area (Å²) < 4.78 is 5.35. The molecule has 0 spiro atoms. The third-order valence-electron chi connectivity index (χ3n) is 4.41. The molecule has 0 aromatic carbocycles. The van der Waals surface area contributed by atoms with Gasteiger partial charge in [0.05, 0.1) is 0 Å². The molecule has 5 nitrogen and oxygen atoms in total. The summed E-state index contributed by atoms with van der Waals surface area (Å²) in [4.78, 5) is 16.1. The summed E-state index contributed by atoms with van der Waals surface area (Å²) >= 11 is 0. The number of nitrogens with one attached hydrogen (secondary N) is 1. The highest BCUT2D eigenvalue weighted by atomic mass is 16.6. The lowest BCUT2D eigenvalue weighted by Crippen LogP contribution is -2.47. The predicted molar refractivity (Wildman–Crippen MR) is 84.5 cm³/mol. The first-order chi connectivity index (χ1) is 9.85. The number of nitrogens with zero attached hydrogens (tertiary/aromatic N) is 2. The van der Waals surface area contributed by atoms with Gasteiger partial charge in [-0.25, -0.2) is 4.79 Å². The second-order valence-electron chi connectivity index (χ2n) is 7.41. The average Bonchev–Trinajstić information content (AvgIpc) is 2.84. The maximum Gasteiger partial charge on any atom is 0.410 e. The van der Waals surface area contributed by atoms with Crippen molar-refractivity contribution >= 4 is 6.09 Å². The molecule has 0 bridgehead atoms. The molecule has 2 saturated heterocycles. The summed E-state index contributed by atoms with van der Waals surface area (Å²) in [5.41, 5.74) is -0.423. The highest BCUT2D eigenvalue weighted by Crippen LogP contribution is 2.26. The highest BCUT2D eigenvalue weighted by Gasteiger charge is 2.31. The van der Waals surface area contributed by atoms with E-state index in [0.717, 1.165) is 12.6 Å². The van der Waals surface area contributed by atoms with E-state index in [1.165, 1.54) is 38.8 Å². The lowest BCUT2D eigenvalue weighted by Gasteiger charge is -2.35. The number of ether oxygens (including phenoxy) is 1. The second kappa shape index (κ2) is 6.97. The Hall–Kier alpha value is -0.810. The Bertz CT molecular complexity index is 354. The fourth-order valence-corrected chi connectivity index (χ4v) is 3.28. The topological polar surface area (TPSA) is 44.8 Å². The van der Waals surface area contributed by atoms with Crippen molar-refractivity contribution in [1.82, 2.24) is 15.1 Å². The van der Waals surface area contributed by atoms with Gasteiger partial charge in [0, 0.05) is 32.2 Å². The van der Waals surface area contributed by atoms with Gasteiger partial charge < -0.3 is 19.9 Å². The van der Waals surface area contributed by atoms with Crippen molar-refractivity contribution in [2.75, 3.05) is 33.2 Å². The van der Waals surface area contributed by atoms with Gasteiger partial charge in [0.25, 0.3) is 0 Å². The van der Waals surface area contributed by atoms with Gasteiger partial charge in [0.2, 0.25) is 0 Å². The molecule has 2 aliphatic heterocycles. The minimum Gasteiger partial charge on any atom is -0.444 e. The standard InChI is InChI=1S/C16H31N3O2/c1-16(2,3)21-15(20)18(4)11-8-17-13-7-10-19-9-5-6-14(19)12-13/h13-14,17H,5-12H2,1-4H3. The van der Waals surface area contributed by atoms with E-state index < -0.39 is 5.60 Å². The smallest absolute Gasteiger partial charge is 0.410 e. The molecule has 0 saturated carbocycles. The molecular weight excluding hydrogens is 266 g/mol. The second-order valence-corrected chi connectivity index (χ2v) is 7.41. The fourth-order valence-electron chi connectivity index (χ4n) is 3.28. The maximum atomic E-state index is 11.9. The number of amides is 1. The van der Waals surface area contributed by atoms with Gasteiger partial charge in [0.15, 0.2) is 0 Å². The van der Waals surface area contributed by atoms with Crippen LogP contribution in [-0.4, -0.2) is 66.8 Å². The first kappa shape index (κ1) is 16.6. The van der Waals surface area contributed by atoms with Crippen LogP contribution in [0.2, 0.25) is 0 Å². The molecule has 2 atom stereocenters. The molecular formula is C16H31N3O2. The third-order valence-corrected chi connectivity index (χ3v) is 4.41. The number of carbonyl (C=O) groups excluding carboxylic acids is 1. The van der Waals surface area contributed by atoms with Crippen molar-refractivity contribution in [1.29, 1.82) is 0 Å². The van der Waals surface area contributed by atoms with Gasteiger partial charge in [-0.3, -0.25) is 0 Å². The molecule has 2 heterocycles. The van der Waals surface area contributed by atoms with E-state index in [9.17, 15) is 4.79 Å². The Labute approximate surface area is 129 Å². The monoisotopic (exact) mass is 297 g/mol. The van der Waals surface area contributed by atoms with Crippen LogP contribution < -0.4 is 5.32 Å². The molecule has 1 amide bonds. The number of carbonyl (C=O) groups is 1. The molecule has 5 heteroatoms. The van der Waals surface area contributed by atoms with Crippen LogP contribution in [0.3, 0.4) is 0 Å². The predicted octanol–water partition coefficient (Wildman–Crippen LogP) is 2.07. The Balaban J connectivity index is 1.64. The third kappa shape index (κ3) is 5.15. The van der Waals surface area contributed by atoms with E-state index >= 15 is 0 Å². The molecule has 21 heavy (non-hydrogen) atoms. The van der Waals surface area contributed by atoms with Gasteiger partial charge in [-0.1, -0.05) is 0 Å². The summed E-state index contributed by atoms with van der Waals surface area (Å²) in [6.07, 6.45) is 4.97. The van der Waals surface area contributed by atoms with Crippen molar-refractivity contribution < 1.29 is 9.53 Å². The summed E-state index contributed by atoms with van der Waals surface area (Å²) in [6.45, 7) is 9.74. The van der Waals surface area contributed by atoms with Gasteiger partial charge in [-0.05, 0) is 59.5 Å². The summed E-state index contributed by atoms with van der Waals surface area (Å²) in [5.74, 6) is 0. The van der Waals surface area contributed by atoms with E-state index in [-0.39, 0.29) is 6.09 Å². The first-order valence-corrected chi connectivity index (χ1v) is 8.27. The normalized spacial score (nSPS) is 26.5. The van der Waals surface area contributed by atoms with Crippen LogP contribution in [0, 0.1) is 0 Å². The first-order valence-electron chi connectivity index (χ1n) is 8.27. The van der Waals surface area contributed by atoms with Crippen LogP contribution in [0.5, 0.6) is 0 Å². The van der Waals surface area contributed by atoms with Crippen LogP contribution in [0.1, 0.15) is 46.5 Å². The average molecular weight is 297 g/mol. The number of likely N-dealkylation sites (N-methyl/N-ethyl adjacent to an activating group) is 1. The number of hydrogen-bond acceptors (Lipinski definition) is 4. The summed E-state index contributed by atoms with van der Waals surface area (Å²) in [5, 5.41) is 3.61. The summed E-state index contributed by atoms with van der Waals surface area (Å²) in [7, 11) is 1.80. The van der Waals surface area contributed by atoms with E-state index in [0.29, 0.717) is 12.6 Å². The van der Waals surface area contributed by atoms with Crippen molar-refractivity contribution in [3.63, 3.8) is 0 Å². The van der Waals surface area contributed by atoms with E-state index in [1.54, 1.807) is 11.9 Å². The zero-order chi connectivity index (χ0) is 15.5. The minimum absolute atomic E-state index is 0.241. The molecule has 0 radical (unpaired) electrons. The van der Waals surface area contributed by atoms with Gasteiger partial charge >= 0.3 is 6.09 Å². The maximum absolute atomic E-state index is 11.9. The van der Waals surface area contributed by atoms with Crippen LogP contribution in [0.4, 0.5) is 4.79 Å². The molecule has 2 fully saturated rings. The fraction of sp³-hybridized carbons (Fsp3) is 0.938. The lowest BCUT2D eigenvalue weighted by molar-refractivity contribution is 0.0297. The van der Waals surface area contributed by atoms with Gasteiger partial charge in [-0.2, -0.15) is 0 Å². The molecule has 0 aliphatic carbocycles. The number of fused-ring (bicyclic) bond motifs is 1. The van der Waals surface area contributed by atoms with E-state index in [4.69, 9.17) is 4.74 Å². The molecule has 122 valence electrons. The largest absolute Gasteiger partial charge is 0.444 e. The molecule has 0 aromatic rings. The van der Waals surface area contributed by atoms with E-state index in [1.807, 2.05) is 20.8 Å². The molecule has 2 unspecified atom stereocenters. The molecule has 1 N–H and O–H groups in total. The SMILES string of the molecule is CN(CCNC1CCN2CCCC2C1)C(=O)OC(C)(C)C. The van der Waals surface area contributed by atoms with Gasteiger partial charge in [-0.15, -0.1) is 0 Å². The molecule has 2 rings (SSSR count). The van der Waals surface area contributed by atoms with Gasteiger partial charge in [0.1, 0.15) is 5.60 Å². The number of hydrogen-bond donors (Lipinski definition) is 1. The highest BCUT2D eigenvalue weighted by molar-refractivity contribution is 5.67. The van der Waals surface area contributed by atoms with Crippen molar-refractivity contribution in [3.8, 4) is 0 Å². The van der Waals surface area contributed by atoms with Crippen LogP contribution in [0.15, 0.2) is 0 Å². The zero-order valence-electron chi connectivity index (χ0n) is 14.0. The number of rotatable bonds is 4. The van der Waals surface area contributed by atoms with Crippen molar-refractivity contribution in [2.24, 2.45) is 0 Å².